The molecule has 13 heavy (non-hydrogen) atoms. The van der Waals surface area contributed by atoms with E-state index in [9.17, 15) is 0 Å². The summed E-state index contributed by atoms with van der Waals surface area (Å²) in [6, 6.07) is 15.3. The zero-order valence-electron chi connectivity index (χ0n) is 7.54. The molecule has 0 spiro atoms. The molecule has 0 atom stereocenters. The van der Waals surface area contributed by atoms with Crippen LogP contribution in [0.25, 0.3) is 22.3 Å². The summed E-state index contributed by atoms with van der Waals surface area (Å²) in [5.74, 6) is 0. The van der Waals surface area contributed by atoms with E-state index in [0.29, 0.717) is 0 Å². The SMILES string of the molecule is Cc1cc2cc(c1)-c1ccccc1-2. The van der Waals surface area contributed by atoms with E-state index in [-0.39, 0.29) is 0 Å². The first-order chi connectivity index (χ1) is 6.34. The van der Waals surface area contributed by atoms with Crippen LogP contribution in [-0.2, 0) is 0 Å². The minimum absolute atomic E-state index is 1.35. The molecular formula is C13H10. The van der Waals surface area contributed by atoms with Gasteiger partial charge in [0.1, 0.15) is 0 Å². The molecule has 1 aliphatic carbocycles. The summed E-state index contributed by atoms with van der Waals surface area (Å²) in [7, 11) is 0. The third-order valence-corrected chi connectivity index (χ3v) is 2.63. The molecule has 0 N–H and O–H groups in total. The van der Waals surface area contributed by atoms with E-state index >= 15 is 0 Å². The van der Waals surface area contributed by atoms with E-state index in [1.165, 1.54) is 27.8 Å². The predicted octanol–water partition coefficient (Wildman–Crippen LogP) is 3.64. The van der Waals surface area contributed by atoms with Gasteiger partial charge in [-0.15, -0.1) is 0 Å². The lowest BCUT2D eigenvalue weighted by Gasteiger charge is -1.96. The Hall–Kier alpha value is -1.56. The number of benzene rings is 2. The Bertz CT molecular complexity index is 440. The molecule has 0 nitrogen and oxygen atoms in total. The van der Waals surface area contributed by atoms with Crippen LogP contribution in [0.5, 0.6) is 0 Å². The van der Waals surface area contributed by atoms with E-state index in [0.717, 1.165) is 0 Å². The first-order valence-corrected chi connectivity index (χ1v) is 4.56. The van der Waals surface area contributed by atoms with Crippen molar-refractivity contribution in [3.63, 3.8) is 0 Å². The fourth-order valence-corrected chi connectivity index (χ4v) is 2.08. The number of hydrogen-bond acceptors (Lipinski definition) is 0. The molecule has 2 bridgehead atoms. The van der Waals surface area contributed by atoms with Crippen molar-refractivity contribution in [2.24, 2.45) is 0 Å². The van der Waals surface area contributed by atoms with Gasteiger partial charge in [-0.1, -0.05) is 36.4 Å². The fourth-order valence-electron chi connectivity index (χ4n) is 2.08. The molecule has 0 aliphatic heterocycles. The van der Waals surface area contributed by atoms with Gasteiger partial charge in [-0.05, 0) is 40.8 Å². The summed E-state index contributed by atoms with van der Waals surface area (Å²) in [5.41, 5.74) is 6.84. The molecule has 2 aromatic rings. The topological polar surface area (TPSA) is 0 Å². The Kier molecular flexibility index (Phi) is 1.18. The summed E-state index contributed by atoms with van der Waals surface area (Å²) in [6.45, 7) is 2.15. The lowest BCUT2D eigenvalue weighted by atomic mass is 10.1. The van der Waals surface area contributed by atoms with Crippen LogP contribution in [0.2, 0.25) is 0 Å². The fraction of sp³-hybridized carbons (Fsp3) is 0.0769. The van der Waals surface area contributed by atoms with Gasteiger partial charge in [0.2, 0.25) is 0 Å². The predicted molar refractivity (Wildman–Crippen MR) is 55.6 cm³/mol. The van der Waals surface area contributed by atoms with Crippen LogP contribution in [0.3, 0.4) is 0 Å². The first kappa shape index (κ1) is 6.90. The van der Waals surface area contributed by atoms with Crippen molar-refractivity contribution in [2.75, 3.05) is 0 Å². The van der Waals surface area contributed by atoms with E-state index in [1.54, 1.807) is 0 Å². The Labute approximate surface area is 77.8 Å². The smallest absolute Gasteiger partial charge is 0.0105 e. The van der Waals surface area contributed by atoms with Gasteiger partial charge < -0.3 is 0 Å². The van der Waals surface area contributed by atoms with Crippen molar-refractivity contribution in [1.29, 1.82) is 0 Å². The monoisotopic (exact) mass is 166 g/mol. The molecule has 2 aromatic carbocycles. The second-order valence-corrected chi connectivity index (χ2v) is 3.63. The Morgan fingerprint density at radius 1 is 0.769 bits per heavy atom. The van der Waals surface area contributed by atoms with E-state index in [4.69, 9.17) is 0 Å². The van der Waals surface area contributed by atoms with Crippen molar-refractivity contribution >= 4 is 0 Å². The van der Waals surface area contributed by atoms with E-state index in [1.807, 2.05) is 0 Å². The molecule has 0 unspecified atom stereocenters. The van der Waals surface area contributed by atoms with Crippen LogP contribution >= 0.6 is 0 Å². The molecule has 3 rings (SSSR count). The molecule has 0 heteroatoms. The Morgan fingerprint density at radius 3 is 1.85 bits per heavy atom. The highest BCUT2D eigenvalue weighted by Gasteiger charge is 2.14. The maximum atomic E-state index is 2.26. The highest BCUT2D eigenvalue weighted by molar-refractivity contribution is 5.91. The third kappa shape index (κ3) is 0.858. The Balaban J connectivity index is 2.43. The summed E-state index contributed by atoms with van der Waals surface area (Å²) < 4.78 is 0. The van der Waals surface area contributed by atoms with Gasteiger partial charge in [0, 0.05) is 0 Å². The second-order valence-electron chi connectivity index (χ2n) is 3.63. The van der Waals surface area contributed by atoms with E-state index in [2.05, 4.69) is 49.4 Å². The van der Waals surface area contributed by atoms with Gasteiger partial charge in [-0.3, -0.25) is 0 Å². The number of fused-ring (bicyclic) bond motifs is 5. The zero-order chi connectivity index (χ0) is 8.84. The summed E-state index contributed by atoms with van der Waals surface area (Å²) in [6.07, 6.45) is 0. The number of hydrogen-bond donors (Lipinski definition) is 0. The largest absolute Gasteiger partial charge is 0.0616 e. The molecule has 0 saturated carbocycles. The zero-order valence-corrected chi connectivity index (χ0v) is 7.54. The normalized spacial score (nSPS) is 11.5. The van der Waals surface area contributed by atoms with Crippen LogP contribution in [0.1, 0.15) is 5.56 Å². The molecule has 0 amide bonds. The highest BCUT2D eigenvalue weighted by Crippen LogP contribution is 2.40. The van der Waals surface area contributed by atoms with Gasteiger partial charge in [0.15, 0.2) is 0 Å². The first-order valence-electron chi connectivity index (χ1n) is 4.56. The maximum absolute atomic E-state index is 2.26. The summed E-state index contributed by atoms with van der Waals surface area (Å²) in [5, 5.41) is 0. The standard InChI is InChI=1S/C13H10/c1-9-6-10-8-11(7-9)13-5-3-2-4-12(10)13/h2-8H,1H3. The van der Waals surface area contributed by atoms with Crippen molar-refractivity contribution < 1.29 is 0 Å². The highest BCUT2D eigenvalue weighted by atomic mass is 14.2. The van der Waals surface area contributed by atoms with Crippen molar-refractivity contribution in [2.45, 2.75) is 6.92 Å². The van der Waals surface area contributed by atoms with Crippen LogP contribution in [-0.4, -0.2) is 0 Å². The van der Waals surface area contributed by atoms with Crippen LogP contribution in [0.15, 0.2) is 42.5 Å². The molecule has 0 heterocycles. The Morgan fingerprint density at radius 2 is 1.31 bits per heavy atom. The lowest BCUT2D eigenvalue weighted by molar-refractivity contribution is 1.50. The van der Waals surface area contributed by atoms with Crippen LogP contribution < -0.4 is 0 Å². The lowest BCUT2D eigenvalue weighted by Crippen LogP contribution is -1.70. The van der Waals surface area contributed by atoms with Gasteiger partial charge >= 0.3 is 0 Å². The van der Waals surface area contributed by atoms with E-state index < -0.39 is 0 Å². The van der Waals surface area contributed by atoms with Crippen LogP contribution in [0.4, 0.5) is 0 Å². The van der Waals surface area contributed by atoms with Gasteiger partial charge in [0.25, 0.3) is 0 Å². The number of aryl methyl sites for hydroxylation is 1. The van der Waals surface area contributed by atoms with Crippen molar-refractivity contribution in [3.8, 4) is 22.3 Å². The molecule has 62 valence electrons. The van der Waals surface area contributed by atoms with Crippen molar-refractivity contribution in [1.82, 2.24) is 0 Å². The molecular weight excluding hydrogens is 156 g/mol. The summed E-state index contributed by atoms with van der Waals surface area (Å²) in [4.78, 5) is 0. The minimum Gasteiger partial charge on any atom is -0.0616 e. The molecule has 0 saturated heterocycles. The maximum Gasteiger partial charge on any atom is -0.0105 e. The van der Waals surface area contributed by atoms with Gasteiger partial charge in [-0.25, -0.2) is 0 Å². The molecule has 0 radical (unpaired) electrons. The number of rotatable bonds is 0. The summed E-state index contributed by atoms with van der Waals surface area (Å²) >= 11 is 0. The van der Waals surface area contributed by atoms with Crippen molar-refractivity contribution in [3.05, 3.63) is 48.0 Å². The minimum atomic E-state index is 1.35. The van der Waals surface area contributed by atoms with Crippen LogP contribution in [0, 0.1) is 6.92 Å². The third-order valence-electron chi connectivity index (χ3n) is 2.63. The van der Waals surface area contributed by atoms with Gasteiger partial charge in [0.05, 0.1) is 0 Å². The quantitative estimate of drug-likeness (QED) is 0.478. The molecule has 0 aromatic heterocycles. The molecule has 0 fully saturated rings. The van der Waals surface area contributed by atoms with Gasteiger partial charge in [-0.2, -0.15) is 0 Å². The average molecular weight is 166 g/mol. The molecule has 1 aliphatic rings. The average Bonchev–Trinajstić information content (AvgIpc) is 2.41. The second kappa shape index (κ2) is 2.23.